The number of para-hydroxylation sites is 2. The van der Waals surface area contributed by atoms with E-state index in [2.05, 4.69) is 31.3 Å². The molecule has 1 aliphatic carbocycles. The van der Waals surface area contributed by atoms with Crippen LogP contribution in [0.5, 0.6) is 0 Å². The maximum absolute atomic E-state index is 13.2. The first-order valence-electron chi connectivity index (χ1n) is 8.24. The van der Waals surface area contributed by atoms with Gasteiger partial charge in [-0.05, 0) is 36.8 Å². The molecular formula is C18H26N2O. The van der Waals surface area contributed by atoms with Crippen LogP contribution in [0.3, 0.4) is 0 Å². The Bertz CT molecular complexity index is 524. The van der Waals surface area contributed by atoms with Gasteiger partial charge in [-0.3, -0.25) is 4.79 Å². The molecule has 0 radical (unpaired) electrons. The number of anilines is 2. The van der Waals surface area contributed by atoms with Crippen LogP contribution in [-0.4, -0.2) is 19.0 Å². The van der Waals surface area contributed by atoms with Gasteiger partial charge in [-0.15, -0.1) is 0 Å². The molecule has 1 N–H and O–H groups in total. The van der Waals surface area contributed by atoms with Crippen molar-refractivity contribution in [2.75, 3.05) is 23.3 Å². The average Bonchev–Trinajstić information content (AvgIpc) is 2.68. The fraction of sp³-hybridized carbons (Fsp3) is 0.611. The second-order valence-corrected chi connectivity index (χ2v) is 7.07. The Morgan fingerprint density at radius 3 is 2.86 bits per heavy atom. The van der Waals surface area contributed by atoms with Gasteiger partial charge in [0.1, 0.15) is 0 Å². The number of fused-ring (bicyclic) bond motifs is 1. The zero-order valence-corrected chi connectivity index (χ0v) is 13.2. The second-order valence-electron chi connectivity index (χ2n) is 7.07. The molecule has 1 fully saturated rings. The Kier molecular flexibility index (Phi) is 3.92. The maximum Gasteiger partial charge on any atom is 0.230 e. The summed E-state index contributed by atoms with van der Waals surface area (Å²) >= 11 is 0. The van der Waals surface area contributed by atoms with Crippen LogP contribution in [0.25, 0.3) is 0 Å². The van der Waals surface area contributed by atoms with Crippen LogP contribution >= 0.6 is 0 Å². The molecule has 3 nitrogen and oxygen atoms in total. The summed E-state index contributed by atoms with van der Waals surface area (Å²) in [5, 5.41) is 3.44. The Hall–Kier alpha value is -1.51. The van der Waals surface area contributed by atoms with Crippen molar-refractivity contribution in [2.45, 2.75) is 46.0 Å². The minimum atomic E-state index is 0.129. The molecule has 0 bridgehead atoms. The largest absolute Gasteiger partial charge is 0.383 e. The van der Waals surface area contributed by atoms with E-state index < -0.39 is 0 Å². The first kappa shape index (κ1) is 14.4. The maximum atomic E-state index is 13.2. The fourth-order valence-electron chi connectivity index (χ4n) is 3.81. The van der Waals surface area contributed by atoms with Gasteiger partial charge in [0.2, 0.25) is 5.91 Å². The van der Waals surface area contributed by atoms with Gasteiger partial charge in [-0.2, -0.15) is 0 Å². The minimum absolute atomic E-state index is 0.129. The molecule has 3 rings (SSSR count). The van der Waals surface area contributed by atoms with Gasteiger partial charge in [0.15, 0.2) is 0 Å². The molecule has 1 saturated carbocycles. The van der Waals surface area contributed by atoms with E-state index in [1.165, 1.54) is 12.8 Å². The van der Waals surface area contributed by atoms with Crippen molar-refractivity contribution in [3.8, 4) is 0 Å². The lowest BCUT2D eigenvalue weighted by Gasteiger charge is -2.40. The molecular weight excluding hydrogens is 260 g/mol. The topological polar surface area (TPSA) is 32.3 Å². The summed E-state index contributed by atoms with van der Waals surface area (Å²) in [6, 6.07) is 8.21. The number of carbonyl (C=O) groups excluding carboxylic acids is 1. The van der Waals surface area contributed by atoms with Crippen LogP contribution in [0, 0.1) is 11.3 Å². The number of hydrogen-bond acceptors (Lipinski definition) is 2. The van der Waals surface area contributed by atoms with Crippen molar-refractivity contribution < 1.29 is 4.79 Å². The lowest BCUT2D eigenvalue weighted by Crippen LogP contribution is -2.44. The van der Waals surface area contributed by atoms with Crippen LogP contribution in [0.15, 0.2) is 24.3 Å². The quantitative estimate of drug-likeness (QED) is 0.844. The van der Waals surface area contributed by atoms with Crippen molar-refractivity contribution in [1.82, 2.24) is 0 Å². The third-order valence-electron chi connectivity index (χ3n) is 5.14. The molecule has 1 aliphatic heterocycles. The van der Waals surface area contributed by atoms with Gasteiger partial charge in [0, 0.05) is 19.0 Å². The molecule has 2 aliphatic rings. The molecule has 1 unspecified atom stereocenters. The molecule has 1 aromatic carbocycles. The van der Waals surface area contributed by atoms with Crippen molar-refractivity contribution in [3.63, 3.8) is 0 Å². The molecule has 0 spiro atoms. The van der Waals surface area contributed by atoms with E-state index in [0.717, 1.165) is 43.7 Å². The lowest BCUT2D eigenvalue weighted by molar-refractivity contribution is -0.127. The Morgan fingerprint density at radius 1 is 1.24 bits per heavy atom. The third kappa shape index (κ3) is 2.78. The molecule has 0 aromatic heterocycles. The Labute approximate surface area is 127 Å². The van der Waals surface area contributed by atoms with Gasteiger partial charge >= 0.3 is 0 Å². The highest BCUT2D eigenvalue weighted by atomic mass is 16.2. The highest BCUT2D eigenvalue weighted by molar-refractivity contribution is 5.98. The third-order valence-corrected chi connectivity index (χ3v) is 5.14. The van der Waals surface area contributed by atoms with E-state index in [1.807, 2.05) is 17.0 Å². The zero-order valence-electron chi connectivity index (χ0n) is 13.2. The Balaban J connectivity index is 1.90. The minimum Gasteiger partial charge on any atom is -0.383 e. The first-order valence-corrected chi connectivity index (χ1v) is 8.24. The van der Waals surface area contributed by atoms with Gasteiger partial charge in [-0.25, -0.2) is 0 Å². The number of nitrogens with one attached hydrogen (secondary N) is 1. The number of carbonyl (C=O) groups is 1. The average molecular weight is 286 g/mol. The molecule has 0 saturated heterocycles. The van der Waals surface area contributed by atoms with Crippen LogP contribution in [0.1, 0.15) is 46.0 Å². The van der Waals surface area contributed by atoms with E-state index in [0.29, 0.717) is 5.91 Å². The van der Waals surface area contributed by atoms with Crippen LogP contribution < -0.4 is 10.2 Å². The SMILES string of the molecule is CC1(C)CCCCC1C(=O)N1CCCNc2ccccc21. The van der Waals surface area contributed by atoms with Crippen molar-refractivity contribution in [2.24, 2.45) is 11.3 Å². The zero-order chi connectivity index (χ0) is 14.9. The summed E-state index contributed by atoms with van der Waals surface area (Å²) in [6.07, 6.45) is 5.66. The predicted molar refractivity (Wildman–Crippen MR) is 87.6 cm³/mol. The van der Waals surface area contributed by atoms with Gasteiger partial charge in [0.25, 0.3) is 0 Å². The first-order chi connectivity index (χ1) is 10.1. The number of rotatable bonds is 1. The summed E-state index contributed by atoms with van der Waals surface area (Å²) < 4.78 is 0. The number of nitrogens with zero attached hydrogens (tertiary/aromatic N) is 1. The van der Waals surface area contributed by atoms with E-state index in [4.69, 9.17) is 0 Å². The lowest BCUT2D eigenvalue weighted by atomic mass is 9.68. The summed E-state index contributed by atoms with van der Waals surface area (Å²) in [6.45, 7) is 6.29. The molecule has 1 aromatic rings. The van der Waals surface area contributed by atoms with Gasteiger partial charge in [-0.1, -0.05) is 38.8 Å². The number of hydrogen-bond donors (Lipinski definition) is 1. The number of amides is 1. The summed E-state index contributed by atoms with van der Waals surface area (Å²) in [5.74, 6) is 0.494. The highest BCUT2D eigenvalue weighted by Gasteiger charge is 2.40. The molecule has 3 heteroatoms. The standard InChI is InChI=1S/C18H26N2O/c1-18(2)11-6-5-8-14(18)17(21)20-13-7-12-19-15-9-3-4-10-16(15)20/h3-4,9-10,14,19H,5-8,11-13H2,1-2H3. The molecule has 1 atom stereocenters. The highest BCUT2D eigenvalue weighted by Crippen LogP contribution is 2.42. The number of benzene rings is 1. The summed E-state index contributed by atoms with van der Waals surface area (Å²) in [4.78, 5) is 15.2. The van der Waals surface area contributed by atoms with Crippen LogP contribution in [-0.2, 0) is 4.79 Å². The monoisotopic (exact) mass is 286 g/mol. The smallest absolute Gasteiger partial charge is 0.230 e. The van der Waals surface area contributed by atoms with Crippen molar-refractivity contribution >= 4 is 17.3 Å². The molecule has 1 amide bonds. The second kappa shape index (κ2) is 5.70. The van der Waals surface area contributed by atoms with E-state index >= 15 is 0 Å². The molecule has 21 heavy (non-hydrogen) atoms. The predicted octanol–water partition coefficient (Wildman–Crippen LogP) is 4.05. The summed E-state index contributed by atoms with van der Waals surface area (Å²) in [5.41, 5.74) is 2.28. The Morgan fingerprint density at radius 2 is 2.05 bits per heavy atom. The molecule has 1 heterocycles. The molecule has 114 valence electrons. The van der Waals surface area contributed by atoms with Gasteiger partial charge in [0.05, 0.1) is 11.4 Å². The normalized spacial score (nSPS) is 24.7. The van der Waals surface area contributed by atoms with Crippen molar-refractivity contribution in [3.05, 3.63) is 24.3 Å². The summed E-state index contributed by atoms with van der Waals surface area (Å²) in [7, 11) is 0. The van der Waals surface area contributed by atoms with Crippen LogP contribution in [0.2, 0.25) is 0 Å². The van der Waals surface area contributed by atoms with E-state index in [9.17, 15) is 4.79 Å². The van der Waals surface area contributed by atoms with E-state index in [-0.39, 0.29) is 11.3 Å². The van der Waals surface area contributed by atoms with Crippen molar-refractivity contribution in [1.29, 1.82) is 0 Å². The fourth-order valence-corrected chi connectivity index (χ4v) is 3.81. The van der Waals surface area contributed by atoms with Gasteiger partial charge < -0.3 is 10.2 Å². The van der Waals surface area contributed by atoms with E-state index in [1.54, 1.807) is 0 Å². The van der Waals surface area contributed by atoms with Crippen LogP contribution in [0.4, 0.5) is 11.4 Å².